The molecule has 0 bridgehead atoms. The minimum absolute atomic E-state index is 0.319. The minimum atomic E-state index is -0.857. The van der Waals surface area contributed by atoms with Crippen molar-refractivity contribution < 1.29 is 9.84 Å². The van der Waals surface area contributed by atoms with Crippen molar-refractivity contribution in [3.63, 3.8) is 0 Å². The number of rotatable bonds is 0. The molecule has 1 atom stereocenters. The summed E-state index contributed by atoms with van der Waals surface area (Å²) < 4.78 is 5.04. The summed E-state index contributed by atoms with van der Waals surface area (Å²) in [6.45, 7) is 9.01. The summed E-state index contributed by atoms with van der Waals surface area (Å²) in [6.07, 6.45) is 0.646. The summed E-state index contributed by atoms with van der Waals surface area (Å²) in [4.78, 5) is 0. The van der Waals surface area contributed by atoms with Gasteiger partial charge < -0.3 is 9.84 Å². The van der Waals surface area contributed by atoms with E-state index in [4.69, 9.17) is 4.74 Å². The maximum Gasteiger partial charge on any atom is 0.150 e. The first-order chi connectivity index (χ1) is 6.12. The van der Waals surface area contributed by atoms with Gasteiger partial charge in [0, 0.05) is 12.3 Å². The van der Waals surface area contributed by atoms with Crippen molar-refractivity contribution in [1.29, 1.82) is 0 Å². The molecule has 76 valence electrons. The first kappa shape index (κ1) is 12.5. The SMILES string of the molecule is CC.CC(C)C#CC1(O)CCOC1. The van der Waals surface area contributed by atoms with Gasteiger partial charge in [-0.25, -0.2) is 0 Å². The highest BCUT2D eigenvalue weighted by Crippen LogP contribution is 2.16. The summed E-state index contributed by atoms with van der Waals surface area (Å²) in [5.74, 6) is 6.10. The normalized spacial score (nSPS) is 26.0. The topological polar surface area (TPSA) is 29.5 Å². The molecule has 0 aliphatic carbocycles. The Morgan fingerprint density at radius 3 is 2.38 bits per heavy atom. The first-order valence-corrected chi connectivity index (χ1v) is 4.95. The first-order valence-electron chi connectivity index (χ1n) is 4.95. The summed E-state index contributed by atoms with van der Waals surface area (Å²) in [5.41, 5.74) is -0.857. The van der Waals surface area contributed by atoms with Crippen LogP contribution in [0.2, 0.25) is 0 Å². The lowest BCUT2D eigenvalue weighted by atomic mass is 10.0. The van der Waals surface area contributed by atoms with E-state index in [0.29, 0.717) is 25.6 Å². The van der Waals surface area contributed by atoms with Crippen LogP contribution in [-0.4, -0.2) is 23.9 Å². The van der Waals surface area contributed by atoms with E-state index >= 15 is 0 Å². The highest BCUT2D eigenvalue weighted by molar-refractivity contribution is 5.16. The maximum absolute atomic E-state index is 9.64. The molecule has 0 spiro atoms. The zero-order valence-electron chi connectivity index (χ0n) is 9.05. The van der Waals surface area contributed by atoms with Crippen LogP contribution in [0, 0.1) is 17.8 Å². The van der Waals surface area contributed by atoms with Gasteiger partial charge in [-0.15, -0.1) is 0 Å². The Bertz CT molecular complexity index is 180. The van der Waals surface area contributed by atoms with E-state index in [1.165, 1.54) is 0 Å². The van der Waals surface area contributed by atoms with Crippen LogP contribution in [0.1, 0.15) is 34.1 Å². The second-order valence-electron chi connectivity index (χ2n) is 3.26. The van der Waals surface area contributed by atoms with Gasteiger partial charge in [0.2, 0.25) is 0 Å². The van der Waals surface area contributed by atoms with E-state index in [1.807, 2.05) is 27.7 Å². The molecule has 0 aromatic rings. The lowest BCUT2D eigenvalue weighted by Crippen LogP contribution is -2.26. The summed E-state index contributed by atoms with van der Waals surface area (Å²) >= 11 is 0. The van der Waals surface area contributed by atoms with Crippen LogP contribution in [0.3, 0.4) is 0 Å². The van der Waals surface area contributed by atoms with Crippen LogP contribution >= 0.6 is 0 Å². The smallest absolute Gasteiger partial charge is 0.150 e. The molecule has 1 aliphatic heterocycles. The maximum atomic E-state index is 9.64. The zero-order valence-corrected chi connectivity index (χ0v) is 9.05. The highest BCUT2D eigenvalue weighted by atomic mass is 16.5. The van der Waals surface area contributed by atoms with Crippen LogP contribution in [0.15, 0.2) is 0 Å². The van der Waals surface area contributed by atoms with E-state index < -0.39 is 5.60 Å². The quantitative estimate of drug-likeness (QED) is 0.582. The fraction of sp³-hybridized carbons (Fsp3) is 0.818. The Kier molecular flexibility index (Phi) is 5.77. The predicted octanol–water partition coefficient (Wildman–Crippen LogP) is 1.82. The Morgan fingerprint density at radius 1 is 1.38 bits per heavy atom. The van der Waals surface area contributed by atoms with E-state index in [-0.39, 0.29) is 0 Å². The molecule has 0 aromatic carbocycles. The fourth-order valence-electron chi connectivity index (χ4n) is 0.931. The van der Waals surface area contributed by atoms with Gasteiger partial charge in [0.15, 0.2) is 5.60 Å². The Morgan fingerprint density at radius 2 is 2.00 bits per heavy atom. The van der Waals surface area contributed by atoms with E-state index in [2.05, 4.69) is 11.8 Å². The second kappa shape index (κ2) is 6.01. The van der Waals surface area contributed by atoms with Crippen LogP contribution in [0.5, 0.6) is 0 Å². The van der Waals surface area contributed by atoms with E-state index in [0.717, 1.165) is 0 Å². The molecule has 0 amide bonds. The Balaban J connectivity index is 0.000000671. The molecular weight excluding hydrogens is 164 g/mol. The van der Waals surface area contributed by atoms with E-state index in [9.17, 15) is 5.11 Å². The van der Waals surface area contributed by atoms with Crippen molar-refractivity contribution in [3.8, 4) is 11.8 Å². The van der Waals surface area contributed by atoms with Crippen LogP contribution in [0.25, 0.3) is 0 Å². The molecule has 0 radical (unpaired) electrons. The van der Waals surface area contributed by atoms with Gasteiger partial charge in [-0.2, -0.15) is 0 Å². The van der Waals surface area contributed by atoms with Crippen molar-refractivity contribution in [1.82, 2.24) is 0 Å². The third-order valence-electron chi connectivity index (χ3n) is 1.59. The average molecular weight is 184 g/mol. The van der Waals surface area contributed by atoms with Gasteiger partial charge in [0.1, 0.15) is 0 Å². The largest absolute Gasteiger partial charge is 0.377 e. The molecule has 1 N–H and O–H groups in total. The fourth-order valence-corrected chi connectivity index (χ4v) is 0.931. The summed E-state index contributed by atoms with van der Waals surface area (Å²) in [7, 11) is 0. The molecule has 1 fully saturated rings. The number of ether oxygens (including phenoxy) is 1. The molecule has 0 aromatic heterocycles. The molecule has 1 unspecified atom stereocenters. The van der Waals surface area contributed by atoms with Crippen molar-refractivity contribution in [3.05, 3.63) is 0 Å². The lowest BCUT2D eigenvalue weighted by Gasteiger charge is -2.10. The van der Waals surface area contributed by atoms with Crippen molar-refractivity contribution in [2.45, 2.75) is 39.7 Å². The minimum Gasteiger partial charge on any atom is -0.377 e. The van der Waals surface area contributed by atoms with Gasteiger partial charge in [-0.3, -0.25) is 0 Å². The van der Waals surface area contributed by atoms with Gasteiger partial charge >= 0.3 is 0 Å². The molecule has 13 heavy (non-hydrogen) atoms. The van der Waals surface area contributed by atoms with Gasteiger partial charge in [-0.1, -0.05) is 39.5 Å². The summed E-state index contributed by atoms with van der Waals surface area (Å²) in [5, 5.41) is 9.64. The monoisotopic (exact) mass is 184 g/mol. The van der Waals surface area contributed by atoms with Crippen molar-refractivity contribution in [2.24, 2.45) is 5.92 Å². The highest BCUT2D eigenvalue weighted by Gasteiger charge is 2.29. The molecule has 1 heterocycles. The van der Waals surface area contributed by atoms with Gasteiger partial charge in [0.25, 0.3) is 0 Å². The molecule has 2 nitrogen and oxygen atoms in total. The average Bonchev–Trinajstić information content (AvgIpc) is 2.54. The van der Waals surface area contributed by atoms with Gasteiger partial charge in [0.05, 0.1) is 13.2 Å². The number of hydrogen-bond donors (Lipinski definition) is 1. The van der Waals surface area contributed by atoms with Crippen LogP contribution < -0.4 is 0 Å². The van der Waals surface area contributed by atoms with Gasteiger partial charge in [-0.05, 0) is 0 Å². The van der Waals surface area contributed by atoms with Crippen LogP contribution in [-0.2, 0) is 4.74 Å². The third kappa shape index (κ3) is 4.92. The zero-order chi connectivity index (χ0) is 10.3. The summed E-state index contributed by atoms with van der Waals surface area (Å²) in [6, 6.07) is 0. The lowest BCUT2D eigenvalue weighted by molar-refractivity contribution is 0.0763. The molecule has 0 saturated carbocycles. The Hall–Kier alpha value is -0.520. The number of hydrogen-bond acceptors (Lipinski definition) is 2. The standard InChI is InChI=1S/C9H14O2.C2H6/c1-8(2)3-4-9(10)5-6-11-7-9;1-2/h8,10H,5-7H2,1-2H3;1-2H3. The Labute approximate surface area is 81.3 Å². The van der Waals surface area contributed by atoms with E-state index in [1.54, 1.807) is 0 Å². The molecule has 1 rings (SSSR count). The van der Waals surface area contributed by atoms with Crippen molar-refractivity contribution in [2.75, 3.05) is 13.2 Å². The molecule has 1 saturated heterocycles. The molecule has 2 heteroatoms. The number of aliphatic hydroxyl groups is 1. The third-order valence-corrected chi connectivity index (χ3v) is 1.59. The second-order valence-corrected chi connectivity index (χ2v) is 3.26. The van der Waals surface area contributed by atoms with Crippen LogP contribution in [0.4, 0.5) is 0 Å². The van der Waals surface area contributed by atoms with Crippen molar-refractivity contribution >= 4 is 0 Å². The molecule has 1 aliphatic rings. The predicted molar refractivity (Wildman–Crippen MR) is 54.3 cm³/mol. The molecular formula is C11H20O2.